The van der Waals surface area contributed by atoms with E-state index < -0.39 is 0 Å². The van der Waals surface area contributed by atoms with Crippen LogP contribution in [0.2, 0.25) is 0 Å². The predicted octanol–water partition coefficient (Wildman–Crippen LogP) is 2.36. The van der Waals surface area contributed by atoms with Crippen LogP contribution in [0.4, 0.5) is 0 Å². The molecular weight excluding hydrogens is 220 g/mol. The summed E-state index contributed by atoms with van der Waals surface area (Å²) in [5, 5.41) is 6.37. The fraction of sp³-hybridized carbons (Fsp3) is 0.833. The van der Waals surface area contributed by atoms with Gasteiger partial charge >= 0.3 is 0 Å². The first kappa shape index (κ1) is 13.4. The van der Waals surface area contributed by atoms with Crippen LogP contribution in [0.1, 0.15) is 52.4 Å². The van der Waals surface area contributed by atoms with E-state index in [0.29, 0.717) is 11.2 Å². The van der Waals surface area contributed by atoms with Crippen LogP contribution in [-0.4, -0.2) is 17.1 Å². The summed E-state index contributed by atoms with van der Waals surface area (Å²) < 4.78 is 0. The van der Waals surface area contributed by atoms with Gasteiger partial charge in [-0.15, -0.1) is 0 Å². The van der Waals surface area contributed by atoms with Crippen molar-refractivity contribution in [2.45, 2.75) is 58.4 Å². The van der Waals surface area contributed by atoms with E-state index in [1.807, 2.05) is 0 Å². The standard InChI is InChI=1S/C12H22N2OS/c1-3-9(2)13-12(16)14-11(15)10-7-5-4-6-8-10/h9-10H,3-8H2,1-2H3,(H2,13,14,15,16). The second-order valence-corrected chi connectivity index (χ2v) is 5.02. The zero-order valence-corrected chi connectivity index (χ0v) is 11.0. The zero-order chi connectivity index (χ0) is 12.0. The smallest absolute Gasteiger partial charge is 0.229 e. The average Bonchev–Trinajstić information content (AvgIpc) is 2.29. The number of amides is 1. The maximum Gasteiger partial charge on any atom is 0.229 e. The molecule has 16 heavy (non-hydrogen) atoms. The van der Waals surface area contributed by atoms with Crippen molar-refractivity contribution in [1.29, 1.82) is 0 Å². The normalized spacial score (nSPS) is 18.9. The molecule has 3 nitrogen and oxygen atoms in total. The van der Waals surface area contributed by atoms with Crippen LogP contribution < -0.4 is 10.6 Å². The van der Waals surface area contributed by atoms with E-state index in [-0.39, 0.29) is 11.8 Å². The molecule has 0 radical (unpaired) electrons. The van der Waals surface area contributed by atoms with Crippen molar-refractivity contribution < 1.29 is 4.79 Å². The van der Waals surface area contributed by atoms with Gasteiger partial charge < -0.3 is 10.6 Å². The van der Waals surface area contributed by atoms with E-state index in [2.05, 4.69) is 24.5 Å². The molecule has 0 aromatic rings. The molecule has 1 unspecified atom stereocenters. The van der Waals surface area contributed by atoms with E-state index in [9.17, 15) is 4.79 Å². The van der Waals surface area contributed by atoms with Gasteiger partial charge in [-0.05, 0) is 38.4 Å². The Morgan fingerprint density at radius 1 is 1.38 bits per heavy atom. The molecule has 1 atom stereocenters. The Morgan fingerprint density at radius 2 is 2.00 bits per heavy atom. The summed E-state index contributed by atoms with van der Waals surface area (Å²) in [5.41, 5.74) is 0. The first-order chi connectivity index (χ1) is 7.63. The highest BCUT2D eigenvalue weighted by atomic mass is 32.1. The van der Waals surface area contributed by atoms with E-state index in [1.54, 1.807) is 0 Å². The van der Waals surface area contributed by atoms with Crippen LogP contribution in [0.15, 0.2) is 0 Å². The summed E-state index contributed by atoms with van der Waals surface area (Å²) in [4.78, 5) is 11.8. The van der Waals surface area contributed by atoms with Crippen molar-refractivity contribution in [1.82, 2.24) is 10.6 Å². The van der Waals surface area contributed by atoms with Crippen LogP contribution in [0.25, 0.3) is 0 Å². The number of carbonyl (C=O) groups excluding carboxylic acids is 1. The number of rotatable bonds is 3. The molecule has 0 heterocycles. The van der Waals surface area contributed by atoms with Gasteiger partial charge in [0, 0.05) is 12.0 Å². The van der Waals surface area contributed by atoms with Crippen molar-refractivity contribution in [3.8, 4) is 0 Å². The van der Waals surface area contributed by atoms with E-state index in [0.717, 1.165) is 19.3 Å². The molecule has 0 saturated heterocycles. The fourth-order valence-electron chi connectivity index (χ4n) is 1.94. The van der Waals surface area contributed by atoms with Crippen molar-refractivity contribution in [3.05, 3.63) is 0 Å². The van der Waals surface area contributed by atoms with Gasteiger partial charge in [0.2, 0.25) is 5.91 Å². The molecule has 2 N–H and O–H groups in total. The van der Waals surface area contributed by atoms with E-state index >= 15 is 0 Å². The third-order valence-corrected chi connectivity index (χ3v) is 3.42. The summed E-state index contributed by atoms with van der Waals surface area (Å²) >= 11 is 5.10. The van der Waals surface area contributed by atoms with Crippen molar-refractivity contribution >= 4 is 23.2 Å². The number of nitrogens with one attached hydrogen (secondary N) is 2. The van der Waals surface area contributed by atoms with Gasteiger partial charge in [0.25, 0.3) is 0 Å². The Hall–Kier alpha value is -0.640. The summed E-state index contributed by atoms with van der Waals surface area (Å²) in [6, 6.07) is 0.319. The highest BCUT2D eigenvalue weighted by Gasteiger charge is 2.21. The summed E-state index contributed by atoms with van der Waals surface area (Å²) in [5.74, 6) is 0.269. The first-order valence-electron chi connectivity index (χ1n) is 6.24. The molecule has 0 aliphatic heterocycles. The Balaban J connectivity index is 2.29. The molecule has 0 aromatic carbocycles. The Kier molecular flexibility index (Phi) is 5.74. The van der Waals surface area contributed by atoms with Crippen LogP contribution in [0, 0.1) is 5.92 Å². The molecule has 1 saturated carbocycles. The SMILES string of the molecule is CCC(C)NC(=S)NC(=O)C1CCCCC1. The average molecular weight is 242 g/mol. The molecule has 1 aliphatic rings. The third-order valence-electron chi connectivity index (χ3n) is 3.20. The summed E-state index contributed by atoms with van der Waals surface area (Å²) in [6.07, 6.45) is 6.63. The van der Waals surface area contributed by atoms with Crippen molar-refractivity contribution in [2.24, 2.45) is 5.92 Å². The van der Waals surface area contributed by atoms with Gasteiger partial charge in [-0.2, -0.15) is 0 Å². The molecule has 1 fully saturated rings. The topological polar surface area (TPSA) is 41.1 Å². The molecule has 4 heteroatoms. The molecule has 0 spiro atoms. The van der Waals surface area contributed by atoms with Gasteiger partial charge in [-0.25, -0.2) is 0 Å². The molecular formula is C12H22N2OS. The maximum atomic E-state index is 11.8. The quantitative estimate of drug-likeness (QED) is 0.747. The maximum absolute atomic E-state index is 11.8. The predicted molar refractivity (Wildman–Crippen MR) is 70.2 cm³/mol. The van der Waals surface area contributed by atoms with E-state index in [4.69, 9.17) is 12.2 Å². The Morgan fingerprint density at radius 3 is 2.56 bits per heavy atom. The minimum absolute atomic E-state index is 0.0977. The number of carbonyl (C=O) groups is 1. The highest BCUT2D eigenvalue weighted by molar-refractivity contribution is 7.80. The van der Waals surface area contributed by atoms with Gasteiger partial charge in [-0.3, -0.25) is 4.79 Å². The molecule has 0 bridgehead atoms. The third kappa shape index (κ3) is 4.47. The Bertz CT molecular complexity index is 249. The molecule has 0 aromatic heterocycles. The minimum Gasteiger partial charge on any atom is -0.360 e. The summed E-state index contributed by atoms with van der Waals surface area (Å²) in [6.45, 7) is 4.14. The van der Waals surface area contributed by atoms with Crippen molar-refractivity contribution in [2.75, 3.05) is 0 Å². The minimum atomic E-state index is 0.0977. The van der Waals surface area contributed by atoms with Crippen molar-refractivity contribution in [3.63, 3.8) is 0 Å². The monoisotopic (exact) mass is 242 g/mol. The largest absolute Gasteiger partial charge is 0.360 e. The second kappa shape index (κ2) is 6.84. The second-order valence-electron chi connectivity index (χ2n) is 4.61. The lowest BCUT2D eigenvalue weighted by molar-refractivity contribution is -0.124. The van der Waals surface area contributed by atoms with E-state index in [1.165, 1.54) is 19.3 Å². The van der Waals surface area contributed by atoms with Gasteiger partial charge in [0.15, 0.2) is 5.11 Å². The number of hydrogen-bond donors (Lipinski definition) is 2. The molecule has 1 amide bonds. The van der Waals surface area contributed by atoms with Gasteiger partial charge in [-0.1, -0.05) is 26.2 Å². The number of thiocarbonyl (C=S) groups is 1. The first-order valence-corrected chi connectivity index (χ1v) is 6.65. The lowest BCUT2D eigenvalue weighted by Crippen LogP contribution is -2.45. The van der Waals surface area contributed by atoms with Gasteiger partial charge in [0.1, 0.15) is 0 Å². The fourth-order valence-corrected chi connectivity index (χ4v) is 2.24. The summed E-state index contributed by atoms with van der Waals surface area (Å²) in [7, 11) is 0. The lowest BCUT2D eigenvalue weighted by atomic mass is 9.89. The highest BCUT2D eigenvalue weighted by Crippen LogP contribution is 2.23. The van der Waals surface area contributed by atoms with Crippen LogP contribution in [0.3, 0.4) is 0 Å². The van der Waals surface area contributed by atoms with Gasteiger partial charge in [0.05, 0.1) is 0 Å². The van der Waals surface area contributed by atoms with Crippen LogP contribution >= 0.6 is 12.2 Å². The number of hydrogen-bond acceptors (Lipinski definition) is 2. The molecule has 92 valence electrons. The Labute approximate surface area is 103 Å². The zero-order valence-electron chi connectivity index (χ0n) is 10.2. The van der Waals surface area contributed by atoms with Crippen LogP contribution in [0.5, 0.6) is 0 Å². The molecule has 1 rings (SSSR count). The van der Waals surface area contributed by atoms with Crippen LogP contribution in [-0.2, 0) is 4.79 Å². The lowest BCUT2D eigenvalue weighted by Gasteiger charge is -2.22. The molecule has 1 aliphatic carbocycles.